The molecule has 2 amide bonds. The van der Waals surface area contributed by atoms with Crippen LogP contribution in [-0.4, -0.2) is 31.4 Å². The first-order chi connectivity index (χ1) is 9.93. The summed E-state index contributed by atoms with van der Waals surface area (Å²) in [7, 11) is 0. The van der Waals surface area contributed by atoms with Crippen LogP contribution in [0.25, 0.3) is 0 Å². The first kappa shape index (κ1) is 15.5. The van der Waals surface area contributed by atoms with E-state index in [1.54, 1.807) is 4.90 Å². The van der Waals surface area contributed by atoms with Gasteiger partial charge >= 0.3 is 0 Å². The second kappa shape index (κ2) is 6.26. The molecule has 1 fully saturated rings. The molecule has 21 heavy (non-hydrogen) atoms. The molecule has 1 saturated heterocycles. The summed E-state index contributed by atoms with van der Waals surface area (Å²) in [5.41, 5.74) is 9.65. The van der Waals surface area contributed by atoms with Gasteiger partial charge in [0.25, 0.3) is 0 Å². The number of aryl methyl sites for hydroxylation is 3. The van der Waals surface area contributed by atoms with Gasteiger partial charge < -0.3 is 16.0 Å². The third-order valence-electron chi connectivity index (χ3n) is 3.84. The number of nitrogens with one attached hydrogen (secondary N) is 1. The zero-order chi connectivity index (χ0) is 15.6. The van der Waals surface area contributed by atoms with Crippen LogP contribution in [0.15, 0.2) is 12.1 Å². The molecule has 1 unspecified atom stereocenters. The standard InChI is InChI=1S/C16H23N3O2/c1-10-6-11(2)15(12(3)7-10)19-9-13(8-14(19)20)16(21)18-5-4-17/h6-7,13H,4-5,8-9,17H2,1-3H3,(H,18,21). The van der Waals surface area contributed by atoms with Gasteiger partial charge in [-0.1, -0.05) is 17.7 Å². The van der Waals surface area contributed by atoms with Crippen LogP contribution < -0.4 is 16.0 Å². The number of hydrogen-bond donors (Lipinski definition) is 2. The molecule has 0 spiro atoms. The number of carbonyl (C=O) groups is 2. The summed E-state index contributed by atoms with van der Waals surface area (Å²) < 4.78 is 0. The number of nitrogens with two attached hydrogens (primary N) is 1. The smallest absolute Gasteiger partial charge is 0.227 e. The zero-order valence-electron chi connectivity index (χ0n) is 12.9. The lowest BCUT2D eigenvalue weighted by molar-refractivity contribution is -0.126. The van der Waals surface area contributed by atoms with Crippen molar-refractivity contribution < 1.29 is 9.59 Å². The van der Waals surface area contributed by atoms with Crippen molar-refractivity contribution in [3.05, 3.63) is 28.8 Å². The van der Waals surface area contributed by atoms with Gasteiger partial charge in [-0.25, -0.2) is 0 Å². The Morgan fingerprint density at radius 2 is 1.95 bits per heavy atom. The normalized spacial score (nSPS) is 18.2. The predicted octanol–water partition coefficient (Wildman–Crippen LogP) is 1.04. The van der Waals surface area contributed by atoms with Crippen molar-refractivity contribution in [2.75, 3.05) is 24.5 Å². The van der Waals surface area contributed by atoms with Crippen molar-refractivity contribution in [3.63, 3.8) is 0 Å². The molecule has 1 heterocycles. The highest BCUT2D eigenvalue weighted by molar-refractivity contribution is 6.01. The van der Waals surface area contributed by atoms with E-state index in [0.29, 0.717) is 19.6 Å². The zero-order valence-corrected chi connectivity index (χ0v) is 12.9. The average Bonchev–Trinajstić information content (AvgIpc) is 2.77. The number of anilines is 1. The summed E-state index contributed by atoms with van der Waals surface area (Å²) in [5, 5.41) is 2.76. The topological polar surface area (TPSA) is 75.4 Å². The molecule has 3 N–H and O–H groups in total. The van der Waals surface area contributed by atoms with Gasteiger partial charge in [-0.2, -0.15) is 0 Å². The summed E-state index contributed by atoms with van der Waals surface area (Å²) in [5.74, 6) is -0.360. The molecule has 1 aromatic rings. The number of carbonyl (C=O) groups excluding carboxylic acids is 2. The van der Waals surface area contributed by atoms with Crippen molar-refractivity contribution in [1.29, 1.82) is 0 Å². The molecule has 2 rings (SSSR count). The second-order valence-electron chi connectivity index (χ2n) is 5.73. The van der Waals surface area contributed by atoms with Crippen molar-refractivity contribution >= 4 is 17.5 Å². The lowest BCUT2D eigenvalue weighted by Gasteiger charge is -2.22. The summed E-state index contributed by atoms with van der Waals surface area (Å²) in [6.07, 6.45) is 0.267. The molecular weight excluding hydrogens is 266 g/mol. The highest BCUT2D eigenvalue weighted by Crippen LogP contribution is 2.31. The van der Waals surface area contributed by atoms with E-state index in [-0.39, 0.29) is 24.2 Å². The average molecular weight is 289 g/mol. The van der Waals surface area contributed by atoms with Gasteiger partial charge in [-0.3, -0.25) is 9.59 Å². The van der Waals surface area contributed by atoms with Gasteiger partial charge in [-0.15, -0.1) is 0 Å². The van der Waals surface area contributed by atoms with Crippen LogP contribution in [0.3, 0.4) is 0 Å². The molecule has 5 nitrogen and oxygen atoms in total. The van der Waals surface area contributed by atoms with E-state index in [4.69, 9.17) is 5.73 Å². The highest BCUT2D eigenvalue weighted by atomic mass is 16.2. The number of hydrogen-bond acceptors (Lipinski definition) is 3. The van der Waals surface area contributed by atoms with Gasteiger partial charge in [0.05, 0.1) is 5.92 Å². The minimum atomic E-state index is -0.288. The first-order valence-electron chi connectivity index (χ1n) is 7.30. The lowest BCUT2D eigenvalue weighted by atomic mass is 10.0. The Morgan fingerprint density at radius 3 is 2.52 bits per heavy atom. The maximum Gasteiger partial charge on any atom is 0.227 e. The third kappa shape index (κ3) is 3.24. The molecule has 0 aliphatic carbocycles. The van der Waals surface area contributed by atoms with E-state index >= 15 is 0 Å². The molecule has 0 bridgehead atoms. The molecule has 0 aromatic heterocycles. The monoisotopic (exact) mass is 289 g/mol. The highest BCUT2D eigenvalue weighted by Gasteiger charge is 2.36. The van der Waals surface area contributed by atoms with Crippen LogP contribution in [0.5, 0.6) is 0 Å². The van der Waals surface area contributed by atoms with Crippen LogP contribution in [0, 0.1) is 26.7 Å². The van der Waals surface area contributed by atoms with E-state index in [1.807, 2.05) is 20.8 Å². The minimum absolute atomic E-state index is 0.0120. The van der Waals surface area contributed by atoms with Gasteiger partial charge in [0.1, 0.15) is 0 Å². The quantitative estimate of drug-likeness (QED) is 0.869. The fourth-order valence-corrected chi connectivity index (χ4v) is 3.04. The summed E-state index contributed by atoms with van der Waals surface area (Å²) in [6, 6.07) is 4.13. The maximum atomic E-state index is 12.3. The SMILES string of the molecule is Cc1cc(C)c(N2CC(C(=O)NCCN)CC2=O)c(C)c1. The van der Waals surface area contributed by atoms with Gasteiger partial charge in [-0.05, 0) is 31.9 Å². The van der Waals surface area contributed by atoms with Crippen LogP contribution in [-0.2, 0) is 9.59 Å². The van der Waals surface area contributed by atoms with Crippen molar-refractivity contribution in [1.82, 2.24) is 5.32 Å². The van der Waals surface area contributed by atoms with Crippen LogP contribution in [0.1, 0.15) is 23.1 Å². The Hall–Kier alpha value is -1.88. The Kier molecular flexibility index (Phi) is 4.63. The minimum Gasteiger partial charge on any atom is -0.355 e. The van der Waals surface area contributed by atoms with E-state index in [0.717, 1.165) is 16.8 Å². The summed E-state index contributed by atoms with van der Waals surface area (Å²) in [4.78, 5) is 26.0. The Morgan fingerprint density at radius 1 is 1.33 bits per heavy atom. The fourth-order valence-electron chi connectivity index (χ4n) is 3.04. The van der Waals surface area contributed by atoms with E-state index < -0.39 is 0 Å². The number of nitrogens with zero attached hydrogens (tertiary/aromatic N) is 1. The fraction of sp³-hybridized carbons (Fsp3) is 0.500. The van der Waals surface area contributed by atoms with Crippen LogP contribution in [0.4, 0.5) is 5.69 Å². The molecule has 0 radical (unpaired) electrons. The molecule has 0 saturated carbocycles. The Balaban J connectivity index is 2.19. The Bertz CT molecular complexity index is 546. The van der Waals surface area contributed by atoms with Crippen LogP contribution in [0.2, 0.25) is 0 Å². The van der Waals surface area contributed by atoms with E-state index in [9.17, 15) is 9.59 Å². The largest absolute Gasteiger partial charge is 0.355 e. The molecule has 1 aliphatic rings. The maximum absolute atomic E-state index is 12.3. The molecule has 1 aliphatic heterocycles. The van der Waals surface area contributed by atoms with Gasteiger partial charge in [0.15, 0.2) is 0 Å². The molecule has 5 heteroatoms. The van der Waals surface area contributed by atoms with E-state index in [2.05, 4.69) is 17.4 Å². The number of amides is 2. The predicted molar refractivity (Wildman–Crippen MR) is 83.2 cm³/mol. The first-order valence-corrected chi connectivity index (χ1v) is 7.30. The molecule has 1 aromatic carbocycles. The molecular formula is C16H23N3O2. The lowest BCUT2D eigenvalue weighted by Crippen LogP contribution is -2.36. The van der Waals surface area contributed by atoms with Gasteiger partial charge in [0, 0.05) is 31.7 Å². The second-order valence-corrected chi connectivity index (χ2v) is 5.73. The van der Waals surface area contributed by atoms with E-state index in [1.165, 1.54) is 5.56 Å². The number of rotatable bonds is 4. The summed E-state index contributed by atoms with van der Waals surface area (Å²) >= 11 is 0. The number of benzene rings is 1. The van der Waals surface area contributed by atoms with Crippen molar-refractivity contribution in [2.45, 2.75) is 27.2 Å². The molecule has 1 atom stereocenters. The Labute approximate surface area is 125 Å². The van der Waals surface area contributed by atoms with Crippen molar-refractivity contribution in [2.24, 2.45) is 11.7 Å². The molecule has 114 valence electrons. The third-order valence-corrected chi connectivity index (χ3v) is 3.84. The van der Waals surface area contributed by atoms with Gasteiger partial charge in [0.2, 0.25) is 11.8 Å². The van der Waals surface area contributed by atoms with Crippen molar-refractivity contribution in [3.8, 4) is 0 Å². The van der Waals surface area contributed by atoms with Crippen LogP contribution >= 0.6 is 0 Å². The summed E-state index contributed by atoms with van der Waals surface area (Å²) in [6.45, 7) is 7.35.